The lowest BCUT2D eigenvalue weighted by Crippen LogP contribution is -2.37. The summed E-state index contributed by atoms with van der Waals surface area (Å²) >= 11 is 0. The van der Waals surface area contributed by atoms with Crippen LogP contribution in [0.15, 0.2) is 36.7 Å². The van der Waals surface area contributed by atoms with Crippen LogP contribution in [0.4, 0.5) is 17.2 Å². The number of carbonyl (C=O) groups excluding carboxylic acids is 1. The molecule has 0 aliphatic carbocycles. The SMILES string of the molecule is CCN(CC)c1ccc(NC(=O)c2cc(N3CCOCC3)ncn2)cc1. The van der Waals surface area contributed by atoms with Crippen LogP contribution >= 0.6 is 0 Å². The fraction of sp³-hybridized carbons (Fsp3) is 0.421. The summed E-state index contributed by atoms with van der Waals surface area (Å²) in [5.41, 5.74) is 2.25. The third-order valence-corrected chi connectivity index (χ3v) is 4.47. The van der Waals surface area contributed by atoms with Gasteiger partial charge in [-0.25, -0.2) is 9.97 Å². The molecule has 0 radical (unpaired) electrons. The minimum atomic E-state index is -0.238. The summed E-state index contributed by atoms with van der Waals surface area (Å²) in [7, 11) is 0. The Morgan fingerprint density at radius 1 is 1.15 bits per heavy atom. The highest BCUT2D eigenvalue weighted by atomic mass is 16.5. The van der Waals surface area contributed by atoms with E-state index in [0.717, 1.165) is 43.4 Å². The Kier molecular flexibility index (Phi) is 6.01. The molecule has 1 aliphatic heterocycles. The summed E-state index contributed by atoms with van der Waals surface area (Å²) in [5.74, 6) is 0.517. The number of amides is 1. The zero-order valence-corrected chi connectivity index (χ0v) is 15.3. The van der Waals surface area contributed by atoms with Gasteiger partial charge in [0.15, 0.2) is 0 Å². The van der Waals surface area contributed by atoms with Crippen molar-refractivity contribution >= 4 is 23.1 Å². The fourth-order valence-electron chi connectivity index (χ4n) is 2.98. The van der Waals surface area contributed by atoms with Crippen molar-refractivity contribution in [3.8, 4) is 0 Å². The molecule has 1 fully saturated rings. The monoisotopic (exact) mass is 355 g/mol. The first-order valence-electron chi connectivity index (χ1n) is 9.02. The van der Waals surface area contributed by atoms with Gasteiger partial charge in [0, 0.05) is 43.6 Å². The lowest BCUT2D eigenvalue weighted by molar-refractivity contribution is 0.102. The Morgan fingerprint density at radius 2 is 1.85 bits per heavy atom. The van der Waals surface area contributed by atoms with Gasteiger partial charge in [-0.3, -0.25) is 4.79 Å². The molecule has 1 amide bonds. The van der Waals surface area contributed by atoms with Crippen molar-refractivity contribution in [1.82, 2.24) is 9.97 Å². The molecular formula is C19H25N5O2. The van der Waals surface area contributed by atoms with Crippen LogP contribution in [-0.4, -0.2) is 55.3 Å². The van der Waals surface area contributed by atoms with Gasteiger partial charge in [-0.2, -0.15) is 0 Å². The van der Waals surface area contributed by atoms with E-state index in [1.54, 1.807) is 6.07 Å². The first-order chi connectivity index (χ1) is 12.7. The number of aromatic nitrogens is 2. The average molecular weight is 355 g/mol. The van der Waals surface area contributed by atoms with Gasteiger partial charge in [-0.15, -0.1) is 0 Å². The second-order valence-electron chi connectivity index (χ2n) is 6.03. The van der Waals surface area contributed by atoms with E-state index in [0.29, 0.717) is 18.9 Å². The number of hydrogen-bond donors (Lipinski definition) is 1. The quantitative estimate of drug-likeness (QED) is 0.858. The molecule has 2 aromatic rings. The largest absolute Gasteiger partial charge is 0.378 e. The van der Waals surface area contributed by atoms with Gasteiger partial charge in [0.05, 0.1) is 13.2 Å². The molecule has 1 aromatic heterocycles. The van der Waals surface area contributed by atoms with Crippen LogP contribution in [0.1, 0.15) is 24.3 Å². The van der Waals surface area contributed by atoms with Crippen LogP contribution < -0.4 is 15.1 Å². The molecule has 0 spiro atoms. The Hall–Kier alpha value is -2.67. The number of carbonyl (C=O) groups is 1. The molecule has 1 aromatic carbocycles. The van der Waals surface area contributed by atoms with Crippen molar-refractivity contribution in [2.24, 2.45) is 0 Å². The number of nitrogens with one attached hydrogen (secondary N) is 1. The normalized spacial score (nSPS) is 14.2. The smallest absolute Gasteiger partial charge is 0.274 e. The van der Waals surface area contributed by atoms with E-state index in [1.807, 2.05) is 24.3 Å². The van der Waals surface area contributed by atoms with Crippen LogP contribution in [0.3, 0.4) is 0 Å². The van der Waals surface area contributed by atoms with E-state index in [4.69, 9.17) is 4.74 Å². The first kappa shape index (κ1) is 18.1. The molecule has 1 saturated heterocycles. The van der Waals surface area contributed by atoms with Crippen molar-refractivity contribution in [3.05, 3.63) is 42.4 Å². The highest BCUT2D eigenvalue weighted by molar-refractivity contribution is 6.03. The highest BCUT2D eigenvalue weighted by Crippen LogP contribution is 2.19. The van der Waals surface area contributed by atoms with Crippen LogP contribution in [0.5, 0.6) is 0 Å². The molecule has 26 heavy (non-hydrogen) atoms. The minimum absolute atomic E-state index is 0.238. The van der Waals surface area contributed by atoms with Crippen LogP contribution in [0, 0.1) is 0 Å². The summed E-state index contributed by atoms with van der Waals surface area (Å²) in [4.78, 5) is 25.3. The van der Waals surface area contributed by atoms with Gasteiger partial charge in [-0.1, -0.05) is 0 Å². The Balaban J connectivity index is 1.68. The molecular weight excluding hydrogens is 330 g/mol. The number of rotatable bonds is 6. The average Bonchev–Trinajstić information content (AvgIpc) is 2.71. The summed E-state index contributed by atoms with van der Waals surface area (Å²) < 4.78 is 5.35. The maximum absolute atomic E-state index is 12.5. The number of anilines is 3. The van der Waals surface area contributed by atoms with Gasteiger partial charge >= 0.3 is 0 Å². The van der Waals surface area contributed by atoms with Crippen LogP contribution in [0.2, 0.25) is 0 Å². The van der Waals surface area contributed by atoms with E-state index >= 15 is 0 Å². The molecule has 0 unspecified atom stereocenters. The van der Waals surface area contributed by atoms with Gasteiger partial charge in [0.2, 0.25) is 0 Å². The van der Waals surface area contributed by atoms with Gasteiger partial charge in [0.1, 0.15) is 17.8 Å². The number of nitrogens with zero attached hydrogens (tertiary/aromatic N) is 4. The molecule has 3 rings (SSSR count). The molecule has 0 atom stereocenters. The molecule has 1 N–H and O–H groups in total. The van der Waals surface area contributed by atoms with Gasteiger partial charge in [-0.05, 0) is 38.1 Å². The number of ether oxygens (including phenoxy) is 1. The Bertz CT molecular complexity index is 725. The minimum Gasteiger partial charge on any atom is -0.378 e. The second kappa shape index (κ2) is 8.62. The lowest BCUT2D eigenvalue weighted by Gasteiger charge is -2.27. The topological polar surface area (TPSA) is 70.6 Å². The Labute approximate surface area is 154 Å². The molecule has 0 saturated carbocycles. The van der Waals surface area contributed by atoms with Gasteiger partial charge < -0.3 is 19.9 Å². The maximum atomic E-state index is 12.5. The highest BCUT2D eigenvalue weighted by Gasteiger charge is 2.15. The van der Waals surface area contributed by atoms with E-state index < -0.39 is 0 Å². The zero-order valence-electron chi connectivity index (χ0n) is 15.3. The van der Waals surface area contributed by atoms with Crippen molar-refractivity contribution in [3.63, 3.8) is 0 Å². The van der Waals surface area contributed by atoms with Crippen molar-refractivity contribution in [2.45, 2.75) is 13.8 Å². The second-order valence-corrected chi connectivity index (χ2v) is 6.03. The Morgan fingerprint density at radius 3 is 2.50 bits per heavy atom. The zero-order chi connectivity index (χ0) is 18.4. The van der Waals surface area contributed by atoms with Crippen molar-refractivity contribution < 1.29 is 9.53 Å². The number of hydrogen-bond acceptors (Lipinski definition) is 6. The predicted molar refractivity (Wildman–Crippen MR) is 103 cm³/mol. The predicted octanol–water partition coefficient (Wildman–Crippen LogP) is 2.41. The molecule has 2 heterocycles. The van der Waals surface area contributed by atoms with Crippen LogP contribution in [-0.2, 0) is 4.74 Å². The summed E-state index contributed by atoms with van der Waals surface area (Å²) in [6.07, 6.45) is 1.43. The van der Waals surface area contributed by atoms with Crippen molar-refractivity contribution in [2.75, 3.05) is 54.5 Å². The van der Waals surface area contributed by atoms with Gasteiger partial charge in [0.25, 0.3) is 5.91 Å². The van der Waals surface area contributed by atoms with Crippen LogP contribution in [0.25, 0.3) is 0 Å². The van der Waals surface area contributed by atoms with E-state index in [1.165, 1.54) is 6.33 Å². The third-order valence-electron chi connectivity index (χ3n) is 4.47. The molecule has 7 nitrogen and oxygen atoms in total. The summed E-state index contributed by atoms with van der Waals surface area (Å²) in [5, 5.41) is 2.90. The van der Waals surface area contributed by atoms with Crippen molar-refractivity contribution in [1.29, 1.82) is 0 Å². The van der Waals surface area contributed by atoms with E-state index in [9.17, 15) is 4.79 Å². The van der Waals surface area contributed by atoms with E-state index in [-0.39, 0.29) is 5.91 Å². The molecule has 1 aliphatic rings. The third kappa shape index (κ3) is 4.29. The number of benzene rings is 1. The standard InChI is InChI=1S/C19H25N5O2/c1-3-23(4-2)16-7-5-15(6-8-16)22-19(25)17-13-18(21-14-20-17)24-9-11-26-12-10-24/h5-8,13-14H,3-4,9-12H2,1-2H3,(H,22,25). The molecule has 0 bridgehead atoms. The lowest BCUT2D eigenvalue weighted by atomic mass is 10.2. The summed E-state index contributed by atoms with van der Waals surface area (Å²) in [6.45, 7) is 9.03. The number of morpholine rings is 1. The summed E-state index contributed by atoms with van der Waals surface area (Å²) in [6, 6.07) is 9.58. The maximum Gasteiger partial charge on any atom is 0.274 e. The molecule has 7 heteroatoms. The fourth-order valence-corrected chi connectivity index (χ4v) is 2.98. The molecule has 138 valence electrons. The first-order valence-corrected chi connectivity index (χ1v) is 9.02. The van der Waals surface area contributed by atoms with E-state index in [2.05, 4.69) is 38.9 Å².